The molecule has 2 aromatic carbocycles. The first-order valence-electron chi connectivity index (χ1n) is 37.2. The monoisotopic (exact) mass is 1460 g/mol. The normalized spacial score (nSPS) is 17.8. The first kappa shape index (κ1) is 89.1. The number of hydrogen-bond acceptors (Lipinski definition) is 22. The molecule has 1 aliphatic heterocycles. The lowest BCUT2D eigenvalue weighted by molar-refractivity contribution is -0.159. The minimum absolute atomic E-state index is 0.00262. The number of nitrogens with two attached hydrogens (primary N) is 1. The van der Waals surface area contributed by atoms with Crippen molar-refractivity contribution in [1.29, 1.82) is 0 Å². The van der Waals surface area contributed by atoms with Gasteiger partial charge >= 0.3 is 41.8 Å². The molecular formula is C77H126N10O17. The number of hydrogen-bond donors (Lipinski definition) is 6. The predicted molar refractivity (Wildman–Crippen MR) is 396 cm³/mol. The molecule has 1 heterocycles. The Morgan fingerprint density at radius 1 is 0.481 bits per heavy atom. The quantitative estimate of drug-likeness (QED) is 0.0241. The molecule has 0 bridgehead atoms. The number of fused-ring (bicyclic) bond motifs is 1. The summed E-state index contributed by atoms with van der Waals surface area (Å²) in [4.78, 5) is 157. The van der Waals surface area contributed by atoms with Gasteiger partial charge < -0.3 is 60.7 Å². The van der Waals surface area contributed by atoms with E-state index in [1.54, 1.807) is 104 Å². The van der Waals surface area contributed by atoms with Crippen molar-refractivity contribution >= 4 is 76.1 Å². The number of rotatable bonds is 34. The molecule has 2 aliphatic rings. The van der Waals surface area contributed by atoms with Crippen molar-refractivity contribution in [1.82, 2.24) is 46.2 Å². The van der Waals surface area contributed by atoms with Crippen LogP contribution in [0.4, 0.5) is 4.79 Å². The number of carbonyl (C=O) groups excluding carboxylic acids is 11. The smallest absolute Gasteiger partial charge is 0.329 e. The Kier molecular flexibility index (Phi) is 36.6. The zero-order valence-electron chi connectivity index (χ0n) is 65.3. The largest absolute Gasteiger partial charge is 0.467 e. The van der Waals surface area contributed by atoms with Crippen LogP contribution in [0.1, 0.15) is 193 Å². The molecule has 0 spiro atoms. The SMILES string of the molecule is COC(=O)[C@@H](CCCCNC(=O)[C@H](CC(=O)C1CCC(CNC(=O)[C@H](CCCCN)NC(=O)CN2CCN(CC(=O)OC(C)(C)C)CCN(CC(=O)OC(C)(C)C)CCN(CC(=O)OC(C)(C)C)CC2)CC1)Cc1ccc2ccccc2c1)NC(=O)N[C@H](CCC(=O)OC(C)(C)C)C(=O)OC(C)(C)C. The molecule has 2 aromatic rings. The number of esters is 6. The Labute approximate surface area is 617 Å². The summed E-state index contributed by atoms with van der Waals surface area (Å²) in [6.45, 7) is 29.9. The third-order valence-electron chi connectivity index (χ3n) is 17.3. The number of ketones is 1. The van der Waals surface area contributed by atoms with Gasteiger partial charge in [0, 0.05) is 90.1 Å². The standard InChI is InChI=1S/C77H126N10O17/c1-73(2,3)100-64(90)34-33-61(71(97)104-77(13,14)15)83-72(98)82-60(70(96)99-16)26-20-22-36-79-68(94)58(46-54-29-30-55-23-17-18-24-57(55)45-54)47-62(88)56-31-27-53(28-32-56)48-80-69(95)59(25-19-21-35-78)81-63(89)49-84-37-39-85(50-65(91)101-74(4,5)6)41-43-87(52-67(93)103-76(10,11)12)44-42-86(40-38-84)51-66(92)102-75(7,8)9/h17-18,23-24,29-30,45,53,56,58-61H,19-22,25-28,31-44,46-52,78H2,1-16H3,(H,79,94)(H,80,95)(H,81,89)(H2,82,83,98)/t53?,56?,58-,59-,60+,61+/m0/s1. The molecule has 586 valence electrons. The van der Waals surface area contributed by atoms with Crippen molar-refractivity contribution in [3.05, 3.63) is 48.0 Å². The van der Waals surface area contributed by atoms with Crippen molar-refractivity contribution in [3.8, 4) is 0 Å². The van der Waals surface area contributed by atoms with Crippen LogP contribution in [0.5, 0.6) is 0 Å². The van der Waals surface area contributed by atoms with Crippen LogP contribution in [0, 0.1) is 17.8 Å². The Hall–Kier alpha value is -7.33. The van der Waals surface area contributed by atoms with E-state index in [2.05, 4.69) is 26.6 Å². The topological polar surface area (TPSA) is 342 Å². The number of nitrogens with zero attached hydrogens (tertiary/aromatic N) is 4. The first-order valence-corrected chi connectivity index (χ1v) is 37.2. The number of carbonyl (C=O) groups is 11. The average molecular weight is 1460 g/mol. The van der Waals surface area contributed by atoms with Crippen molar-refractivity contribution in [2.45, 2.75) is 240 Å². The molecule has 1 saturated heterocycles. The van der Waals surface area contributed by atoms with Gasteiger partial charge in [-0.25, -0.2) is 14.4 Å². The summed E-state index contributed by atoms with van der Waals surface area (Å²) >= 11 is 0. The second-order valence-corrected chi connectivity index (χ2v) is 32.7. The number of nitrogens with one attached hydrogen (secondary N) is 5. The number of unbranched alkanes of at least 4 members (excludes halogenated alkanes) is 2. The molecule has 0 unspecified atom stereocenters. The second-order valence-electron chi connectivity index (χ2n) is 32.7. The molecule has 2 fully saturated rings. The van der Waals surface area contributed by atoms with Gasteiger partial charge in [-0.2, -0.15) is 0 Å². The third-order valence-corrected chi connectivity index (χ3v) is 17.3. The van der Waals surface area contributed by atoms with Crippen LogP contribution < -0.4 is 32.3 Å². The van der Waals surface area contributed by atoms with Crippen molar-refractivity contribution in [3.63, 3.8) is 0 Å². The van der Waals surface area contributed by atoms with Gasteiger partial charge in [0.1, 0.15) is 51.9 Å². The van der Waals surface area contributed by atoms with Gasteiger partial charge in [-0.15, -0.1) is 0 Å². The summed E-state index contributed by atoms with van der Waals surface area (Å²) in [5, 5.41) is 16.3. The third kappa shape index (κ3) is 37.6. The minimum atomic E-state index is -1.25. The summed E-state index contributed by atoms with van der Waals surface area (Å²) in [5.41, 5.74) is 2.97. The Bertz CT molecular complexity index is 3080. The Morgan fingerprint density at radius 2 is 0.933 bits per heavy atom. The number of urea groups is 1. The van der Waals surface area contributed by atoms with E-state index in [9.17, 15) is 52.7 Å². The van der Waals surface area contributed by atoms with Crippen LogP contribution in [0.3, 0.4) is 0 Å². The zero-order valence-corrected chi connectivity index (χ0v) is 65.3. The van der Waals surface area contributed by atoms with Gasteiger partial charge in [0.15, 0.2) is 0 Å². The minimum Gasteiger partial charge on any atom is -0.467 e. The van der Waals surface area contributed by atoms with Crippen LogP contribution >= 0.6 is 0 Å². The molecule has 1 saturated carbocycles. The van der Waals surface area contributed by atoms with E-state index in [1.165, 1.54) is 7.11 Å². The summed E-state index contributed by atoms with van der Waals surface area (Å²) in [6, 6.07) is 9.78. The van der Waals surface area contributed by atoms with E-state index in [1.807, 2.05) is 62.1 Å². The number of Topliss-reactive ketones (excluding diaryl/α,β-unsaturated/α-hetero) is 1. The summed E-state index contributed by atoms with van der Waals surface area (Å²) in [6.07, 6.45) is 4.84. The molecule has 0 radical (unpaired) electrons. The summed E-state index contributed by atoms with van der Waals surface area (Å²) in [5.74, 6) is -5.33. The molecule has 7 N–H and O–H groups in total. The lowest BCUT2D eigenvalue weighted by Gasteiger charge is -2.34. The fourth-order valence-corrected chi connectivity index (χ4v) is 12.3. The van der Waals surface area contributed by atoms with Gasteiger partial charge in [0.05, 0.1) is 33.3 Å². The van der Waals surface area contributed by atoms with Gasteiger partial charge in [-0.1, -0.05) is 42.5 Å². The molecule has 1 aliphatic carbocycles. The van der Waals surface area contributed by atoms with E-state index in [-0.39, 0.29) is 93.7 Å². The second kappa shape index (κ2) is 42.7. The lowest BCUT2D eigenvalue weighted by Crippen LogP contribution is -2.52. The molecule has 5 amide bonds. The molecule has 4 rings (SSSR count). The molecule has 104 heavy (non-hydrogen) atoms. The highest BCUT2D eigenvalue weighted by Gasteiger charge is 2.35. The van der Waals surface area contributed by atoms with Crippen molar-refractivity contribution in [2.24, 2.45) is 23.5 Å². The highest BCUT2D eigenvalue weighted by molar-refractivity contribution is 5.90. The maximum Gasteiger partial charge on any atom is 0.329 e. The highest BCUT2D eigenvalue weighted by atomic mass is 16.6. The molecule has 4 atom stereocenters. The van der Waals surface area contributed by atoms with Crippen LogP contribution in [0.25, 0.3) is 10.8 Å². The predicted octanol–water partition coefficient (Wildman–Crippen LogP) is 6.70. The molecule has 27 heteroatoms. The fourth-order valence-electron chi connectivity index (χ4n) is 12.3. The Balaban J connectivity index is 1.41. The van der Waals surface area contributed by atoms with Gasteiger partial charge in [0.2, 0.25) is 17.7 Å². The number of methoxy groups -OCH3 is 1. The van der Waals surface area contributed by atoms with Crippen LogP contribution in [-0.4, -0.2) is 236 Å². The van der Waals surface area contributed by atoms with E-state index >= 15 is 0 Å². The van der Waals surface area contributed by atoms with Gasteiger partial charge in [0.25, 0.3) is 0 Å². The van der Waals surface area contributed by atoms with Crippen LogP contribution in [0.2, 0.25) is 0 Å². The maximum absolute atomic E-state index is 14.4. The number of amides is 5. The zero-order chi connectivity index (χ0) is 77.6. The molecule has 0 aromatic heterocycles. The van der Waals surface area contributed by atoms with Gasteiger partial charge in [-0.05, 0) is 210 Å². The summed E-state index contributed by atoms with van der Waals surface area (Å²) < 4.78 is 33.0. The average Bonchev–Trinajstić information content (AvgIpc) is 0.840. The van der Waals surface area contributed by atoms with Crippen LogP contribution in [0.15, 0.2) is 42.5 Å². The Morgan fingerprint density at radius 3 is 1.41 bits per heavy atom. The highest BCUT2D eigenvalue weighted by Crippen LogP contribution is 2.32. The lowest BCUT2D eigenvalue weighted by atomic mass is 9.77. The number of benzene rings is 2. The van der Waals surface area contributed by atoms with E-state index in [0.29, 0.717) is 130 Å². The first-order chi connectivity index (χ1) is 48.5. The molecule has 27 nitrogen and oxygen atoms in total. The maximum atomic E-state index is 14.4. The van der Waals surface area contributed by atoms with Crippen LogP contribution in [-0.2, 0) is 82.8 Å². The van der Waals surface area contributed by atoms with Crippen molar-refractivity contribution in [2.75, 3.05) is 105 Å². The van der Waals surface area contributed by atoms with Gasteiger partial charge in [-0.3, -0.25) is 58.0 Å². The molecular weight excluding hydrogens is 1340 g/mol. The van der Waals surface area contributed by atoms with E-state index in [0.717, 1.165) is 16.3 Å². The fraction of sp³-hybridized carbons (Fsp3) is 0.727. The summed E-state index contributed by atoms with van der Waals surface area (Å²) in [7, 11) is 1.19. The van der Waals surface area contributed by atoms with E-state index < -0.39 is 93.9 Å². The number of ether oxygens (including phenoxy) is 6. The van der Waals surface area contributed by atoms with Crippen molar-refractivity contribution < 1.29 is 81.2 Å². The van der Waals surface area contributed by atoms with E-state index in [4.69, 9.17) is 34.2 Å².